The van der Waals surface area contributed by atoms with E-state index in [1.165, 1.54) is 0 Å². The molecule has 0 aromatic carbocycles. The molecule has 1 fully saturated rings. The minimum atomic E-state index is -0.971. The lowest BCUT2D eigenvalue weighted by atomic mass is 9.98. The molecule has 0 saturated carbocycles. The predicted octanol–water partition coefficient (Wildman–Crippen LogP) is 0.501. The van der Waals surface area contributed by atoms with Gasteiger partial charge in [-0.05, 0) is 6.42 Å². The molecule has 1 saturated heterocycles. The Morgan fingerprint density at radius 1 is 1.36 bits per heavy atom. The fourth-order valence-corrected chi connectivity index (χ4v) is 1.48. The van der Waals surface area contributed by atoms with Gasteiger partial charge in [-0.3, -0.25) is 0 Å². The maximum absolute atomic E-state index is 9.29. The Kier molecular flexibility index (Phi) is 2.87. The van der Waals surface area contributed by atoms with Gasteiger partial charge in [-0.2, -0.15) is 0 Å². The fraction of sp³-hybridized carbons (Fsp3) is 1.00. The largest absolute Gasteiger partial charge is 0.387 e. The lowest BCUT2D eigenvalue weighted by Crippen LogP contribution is -2.24. The Balaban J connectivity index is 2.45. The third-order valence-electron chi connectivity index (χ3n) is 2.30. The second-order valence-electron chi connectivity index (χ2n) is 3.20. The molecule has 0 aromatic rings. The molecule has 0 radical (unpaired) electrons. The summed E-state index contributed by atoms with van der Waals surface area (Å²) in [5, 5.41) is 18.4. The van der Waals surface area contributed by atoms with Crippen molar-refractivity contribution in [3.05, 3.63) is 0 Å². The Morgan fingerprint density at radius 2 is 2.00 bits per heavy atom. The van der Waals surface area contributed by atoms with Gasteiger partial charge in [0.2, 0.25) is 0 Å². The van der Waals surface area contributed by atoms with Gasteiger partial charge in [-0.25, -0.2) is 0 Å². The van der Waals surface area contributed by atoms with Crippen LogP contribution in [0.1, 0.15) is 26.7 Å². The van der Waals surface area contributed by atoms with Crippen LogP contribution in [0.4, 0.5) is 0 Å². The van der Waals surface area contributed by atoms with Crippen LogP contribution in [0.3, 0.4) is 0 Å². The number of hydrogen-bond acceptors (Lipinski definition) is 3. The molecule has 0 amide bonds. The summed E-state index contributed by atoms with van der Waals surface area (Å²) in [5.41, 5.74) is 0. The molecule has 1 rings (SSSR count). The summed E-state index contributed by atoms with van der Waals surface area (Å²) in [7, 11) is 0. The summed E-state index contributed by atoms with van der Waals surface area (Å²) < 4.78 is 5.13. The van der Waals surface area contributed by atoms with Gasteiger partial charge in [0.1, 0.15) is 6.10 Å². The zero-order valence-electron chi connectivity index (χ0n) is 7.03. The van der Waals surface area contributed by atoms with E-state index in [-0.39, 0.29) is 12.0 Å². The normalized spacial score (nSPS) is 44.7. The molecule has 3 heteroatoms. The second kappa shape index (κ2) is 3.52. The average molecular weight is 160 g/mol. The zero-order chi connectivity index (χ0) is 8.43. The molecule has 0 spiro atoms. The number of ether oxygens (including phenoxy) is 1. The van der Waals surface area contributed by atoms with E-state index in [1.807, 2.05) is 6.92 Å². The van der Waals surface area contributed by atoms with Crippen LogP contribution >= 0.6 is 0 Å². The van der Waals surface area contributed by atoms with Gasteiger partial charge in [0.05, 0.1) is 6.10 Å². The zero-order valence-corrected chi connectivity index (χ0v) is 7.03. The molecule has 1 aliphatic heterocycles. The van der Waals surface area contributed by atoms with E-state index in [9.17, 15) is 5.11 Å². The maximum Gasteiger partial charge on any atom is 0.181 e. The minimum absolute atomic E-state index is 0.0324. The van der Waals surface area contributed by atoms with Crippen molar-refractivity contribution in [2.75, 3.05) is 0 Å². The molecule has 0 bridgehead atoms. The first-order valence-electron chi connectivity index (χ1n) is 4.18. The molecule has 1 heterocycles. The number of rotatable bonds is 2. The highest BCUT2D eigenvalue weighted by Crippen LogP contribution is 2.27. The predicted molar refractivity (Wildman–Crippen MR) is 41.0 cm³/mol. The summed E-state index contributed by atoms with van der Waals surface area (Å²) in [6.45, 7) is 3.97. The Morgan fingerprint density at radius 3 is 2.36 bits per heavy atom. The first-order chi connectivity index (χ1) is 5.16. The van der Waals surface area contributed by atoms with E-state index in [1.54, 1.807) is 0 Å². The van der Waals surface area contributed by atoms with Crippen LogP contribution in [-0.4, -0.2) is 28.7 Å². The standard InChI is InChI=1S/C8H16O3/c1-3-4-6-5(2)7(9)8(10)11-6/h5-10H,3-4H2,1-2H3. The molecule has 4 unspecified atom stereocenters. The number of aliphatic hydroxyl groups excluding tert-OH is 2. The van der Waals surface area contributed by atoms with Gasteiger partial charge in [0, 0.05) is 5.92 Å². The van der Waals surface area contributed by atoms with Crippen LogP contribution in [-0.2, 0) is 4.74 Å². The number of hydrogen-bond donors (Lipinski definition) is 2. The van der Waals surface area contributed by atoms with E-state index in [2.05, 4.69) is 6.92 Å². The Hall–Kier alpha value is -0.120. The van der Waals surface area contributed by atoms with Crippen LogP contribution in [0.5, 0.6) is 0 Å². The van der Waals surface area contributed by atoms with Crippen molar-refractivity contribution in [3.8, 4) is 0 Å². The van der Waals surface area contributed by atoms with E-state index in [0.717, 1.165) is 12.8 Å². The molecule has 0 aromatic heterocycles. The summed E-state index contributed by atoms with van der Waals surface area (Å²) >= 11 is 0. The van der Waals surface area contributed by atoms with Crippen molar-refractivity contribution in [2.24, 2.45) is 5.92 Å². The third-order valence-corrected chi connectivity index (χ3v) is 2.30. The van der Waals surface area contributed by atoms with Crippen LogP contribution in [0.25, 0.3) is 0 Å². The van der Waals surface area contributed by atoms with Gasteiger partial charge in [0.25, 0.3) is 0 Å². The SMILES string of the molecule is CCCC1OC(O)C(O)C1C. The lowest BCUT2D eigenvalue weighted by Gasteiger charge is -2.12. The molecule has 66 valence electrons. The van der Waals surface area contributed by atoms with Crippen LogP contribution < -0.4 is 0 Å². The van der Waals surface area contributed by atoms with Gasteiger partial charge in [0.15, 0.2) is 6.29 Å². The van der Waals surface area contributed by atoms with E-state index >= 15 is 0 Å². The lowest BCUT2D eigenvalue weighted by molar-refractivity contribution is -0.127. The monoisotopic (exact) mass is 160 g/mol. The molecule has 1 aliphatic rings. The third kappa shape index (κ3) is 1.72. The molecule has 3 nitrogen and oxygen atoms in total. The molecular formula is C8H16O3. The van der Waals surface area contributed by atoms with Crippen LogP contribution in [0.2, 0.25) is 0 Å². The van der Waals surface area contributed by atoms with Gasteiger partial charge in [-0.15, -0.1) is 0 Å². The summed E-state index contributed by atoms with van der Waals surface area (Å²) in [4.78, 5) is 0. The summed E-state index contributed by atoms with van der Waals surface area (Å²) in [6.07, 6.45) is 0.294. The average Bonchev–Trinajstić information content (AvgIpc) is 2.19. The van der Waals surface area contributed by atoms with Gasteiger partial charge in [-0.1, -0.05) is 20.3 Å². The maximum atomic E-state index is 9.29. The van der Waals surface area contributed by atoms with Crippen molar-refractivity contribution >= 4 is 0 Å². The summed E-state index contributed by atoms with van der Waals surface area (Å²) in [5.74, 6) is 0.0601. The molecular weight excluding hydrogens is 144 g/mol. The number of aliphatic hydroxyl groups is 2. The van der Waals surface area contributed by atoms with Gasteiger partial charge >= 0.3 is 0 Å². The van der Waals surface area contributed by atoms with Crippen LogP contribution in [0.15, 0.2) is 0 Å². The molecule has 2 N–H and O–H groups in total. The van der Waals surface area contributed by atoms with Crippen molar-refractivity contribution in [1.82, 2.24) is 0 Å². The highest BCUT2D eigenvalue weighted by molar-refractivity contribution is 4.82. The highest BCUT2D eigenvalue weighted by atomic mass is 16.6. The van der Waals surface area contributed by atoms with E-state index in [0.29, 0.717) is 0 Å². The first-order valence-corrected chi connectivity index (χ1v) is 4.18. The van der Waals surface area contributed by atoms with Crippen molar-refractivity contribution in [1.29, 1.82) is 0 Å². The van der Waals surface area contributed by atoms with Crippen LogP contribution in [0, 0.1) is 5.92 Å². The molecule has 0 aliphatic carbocycles. The van der Waals surface area contributed by atoms with E-state index in [4.69, 9.17) is 9.84 Å². The van der Waals surface area contributed by atoms with Crippen molar-refractivity contribution < 1.29 is 14.9 Å². The fourth-order valence-electron chi connectivity index (χ4n) is 1.48. The van der Waals surface area contributed by atoms with Crippen molar-refractivity contribution in [3.63, 3.8) is 0 Å². The smallest absolute Gasteiger partial charge is 0.181 e. The topological polar surface area (TPSA) is 49.7 Å². The quantitative estimate of drug-likeness (QED) is 0.618. The van der Waals surface area contributed by atoms with Gasteiger partial charge < -0.3 is 14.9 Å². The van der Waals surface area contributed by atoms with E-state index < -0.39 is 12.4 Å². The minimum Gasteiger partial charge on any atom is -0.387 e. The summed E-state index contributed by atoms with van der Waals surface area (Å²) in [6, 6.07) is 0. The molecule has 4 atom stereocenters. The highest BCUT2D eigenvalue weighted by Gasteiger charge is 2.38. The second-order valence-corrected chi connectivity index (χ2v) is 3.20. The Bertz CT molecular complexity index is 127. The first kappa shape index (κ1) is 8.97. The van der Waals surface area contributed by atoms with Crippen molar-refractivity contribution in [2.45, 2.75) is 45.2 Å². The molecule has 11 heavy (non-hydrogen) atoms. The Labute approximate surface area is 67.0 Å².